The SMILES string of the molecule is Cc1cccc(C(C=O)C2CCN(C(=O)OC(C)(C)C)C2)c1. The molecule has 1 aromatic rings. The van der Waals surface area contributed by atoms with Crippen molar-refractivity contribution in [3.05, 3.63) is 35.4 Å². The van der Waals surface area contributed by atoms with Gasteiger partial charge in [-0.3, -0.25) is 0 Å². The van der Waals surface area contributed by atoms with Gasteiger partial charge in [0.05, 0.1) is 0 Å². The van der Waals surface area contributed by atoms with Gasteiger partial charge in [-0.05, 0) is 45.6 Å². The van der Waals surface area contributed by atoms with Crippen LogP contribution in [0.5, 0.6) is 0 Å². The third-order valence-corrected chi connectivity index (χ3v) is 3.96. The molecule has 0 aliphatic carbocycles. The lowest BCUT2D eigenvalue weighted by Gasteiger charge is -2.25. The lowest BCUT2D eigenvalue weighted by molar-refractivity contribution is -0.110. The number of aldehydes is 1. The van der Waals surface area contributed by atoms with E-state index in [4.69, 9.17) is 4.74 Å². The molecule has 1 saturated heterocycles. The van der Waals surface area contributed by atoms with Crippen LogP contribution in [0.1, 0.15) is 44.2 Å². The third-order valence-electron chi connectivity index (χ3n) is 3.96. The van der Waals surface area contributed by atoms with Gasteiger partial charge in [-0.25, -0.2) is 4.79 Å². The van der Waals surface area contributed by atoms with E-state index < -0.39 is 5.60 Å². The summed E-state index contributed by atoms with van der Waals surface area (Å²) in [4.78, 5) is 25.4. The summed E-state index contributed by atoms with van der Waals surface area (Å²) in [5, 5.41) is 0. The van der Waals surface area contributed by atoms with Crippen molar-refractivity contribution in [3.63, 3.8) is 0 Å². The van der Waals surface area contributed by atoms with Crippen molar-refractivity contribution in [2.24, 2.45) is 5.92 Å². The second kappa shape index (κ2) is 6.51. The molecule has 1 aliphatic heterocycles. The predicted octanol–water partition coefficient (Wildman–Crippen LogP) is 3.53. The summed E-state index contributed by atoms with van der Waals surface area (Å²) in [5.41, 5.74) is 1.69. The second-order valence-corrected chi connectivity index (χ2v) is 7.05. The Morgan fingerprint density at radius 3 is 2.73 bits per heavy atom. The van der Waals surface area contributed by atoms with Gasteiger partial charge in [0.2, 0.25) is 0 Å². The monoisotopic (exact) mass is 303 g/mol. The standard InChI is InChI=1S/C18H25NO3/c1-13-6-5-7-14(10-13)16(12-20)15-8-9-19(11-15)17(21)22-18(2,3)4/h5-7,10,12,15-16H,8-9,11H2,1-4H3. The number of hydrogen-bond acceptors (Lipinski definition) is 3. The van der Waals surface area contributed by atoms with Crippen LogP contribution >= 0.6 is 0 Å². The molecule has 2 unspecified atom stereocenters. The predicted molar refractivity (Wildman–Crippen MR) is 85.9 cm³/mol. The molecule has 2 atom stereocenters. The Hall–Kier alpha value is -1.84. The number of nitrogens with zero attached hydrogens (tertiary/aromatic N) is 1. The lowest BCUT2D eigenvalue weighted by atomic mass is 9.86. The minimum atomic E-state index is -0.490. The fourth-order valence-corrected chi connectivity index (χ4v) is 2.91. The first-order chi connectivity index (χ1) is 10.3. The number of carbonyl (C=O) groups excluding carboxylic acids is 2. The molecular formula is C18H25NO3. The van der Waals surface area contributed by atoms with E-state index in [1.807, 2.05) is 45.9 Å². The van der Waals surface area contributed by atoms with Crippen LogP contribution in [0, 0.1) is 12.8 Å². The Morgan fingerprint density at radius 2 is 2.14 bits per heavy atom. The van der Waals surface area contributed by atoms with Gasteiger partial charge in [0.25, 0.3) is 0 Å². The maximum Gasteiger partial charge on any atom is 0.410 e. The molecule has 1 heterocycles. The molecule has 1 aromatic carbocycles. The molecule has 4 heteroatoms. The molecule has 1 fully saturated rings. The number of rotatable bonds is 3. The Morgan fingerprint density at radius 1 is 1.41 bits per heavy atom. The van der Waals surface area contributed by atoms with Crippen LogP contribution in [0.4, 0.5) is 4.79 Å². The van der Waals surface area contributed by atoms with E-state index in [2.05, 4.69) is 6.07 Å². The topological polar surface area (TPSA) is 46.6 Å². The zero-order valence-corrected chi connectivity index (χ0v) is 13.8. The molecule has 0 bridgehead atoms. The fraction of sp³-hybridized carbons (Fsp3) is 0.556. The van der Waals surface area contributed by atoms with Gasteiger partial charge < -0.3 is 14.4 Å². The minimum Gasteiger partial charge on any atom is -0.444 e. The Labute approximate surface area is 132 Å². The summed E-state index contributed by atoms with van der Waals surface area (Å²) in [6.45, 7) is 8.83. The Bertz CT molecular complexity index is 548. The van der Waals surface area contributed by atoms with Crippen molar-refractivity contribution in [3.8, 4) is 0 Å². The molecule has 4 nitrogen and oxygen atoms in total. The van der Waals surface area contributed by atoms with Gasteiger partial charge in [0.15, 0.2) is 0 Å². The first-order valence-electron chi connectivity index (χ1n) is 7.80. The highest BCUT2D eigenvalue weighted by Crippen LogP contribution is 2.31. The summed E-state index contributed by atoms with van der Waals surface area (Å²) in [7, 11) is 0. The van der Waals surface area contributed by atoms with Gasteiger partial charge >= 0.3 is 6.09 Å². The Balaban J connectivity index is 2.05. The van der Waals surface area contributed by atoms with Crippen molar-refractivity contribution in [1.82, 2.24) is 4.90 Å². The molecule has 22 heavy (non-hydrogen) atoms. The number of amides is 1. The number of benzene rings is 1. The number of hydrogen-bond donors (Lipinski definition) is 0. The van der Waals surface area contributed by atoms with Gasteiger partial charge in [0.1, 0.15) is 11.9 Å². The molecule has 0 radical (unpaired) electrons. The number of ether oxygens (including phenoxy) is 1. The van der Waals surface area contributed by atoms with Gasteiger partial charge in [-0.2, -0.15) is 0 Å². The molecule has 1 amide bonds. The molecule has 0 N–H and O–H groups in total. The van der Waals surface area contributed by atoms with E-state index >= 15 is 0 Å². The lowest BCUT2D eigenvalue weighted by Crippen LogP contribution is -2.35. The highest BCUT2D eigenvalue weighted by molar-refractivity contribution is 5.69. The van der Waals surface area contributed by atoms with Crippen LogP contribution in [0.3, 0.4) is 0 Å². The van der Waals surface area contributed by atoms with E-state index in [1.54, 1.807) is 4.90 Å². The molecular weight excluding hydrogens is 278 g/mol. The highest BCUT2D eigenvalue weighted by Gasteiger charge is 2.34. The molecule has 1 aliphatic rings. The second-order valence-electron chi connectivity index (χ2n) is 7.05. The first-order valence-corrected chi connectivity index (χ1v) is 7.80. The smallest absolute Gasteiger partial charge is 0.410 e. The van der Waals surface area contributed by atoms with Crippen molar-refractivity contribution in [2.75, 3.05) is 13.1 Å². The maximum absolute atomic E-state index is 12.1. The average molecular weight is 303 g/mol. The molecule has 0 saturated carbocycles. The van der Waals surface area contributed by atoms with Crippen molar-refractivity contribution >= 4 is 12.4 Å². The number of likely N-dealkylation sites (tertiary alicyclic amines) is 1. The van der Waals surface area contributed by atoms with Crippen LogP contribution in [0.15, 0.2) is 24.3 Å². The van der Waals surface area contributed by atoms with E-state index in [9.17, 15) is 9.59 Å². The maximum atomic E-state index is 12.1. The van der Waals surface area contributed by atoms with Gasteiger partial charge in [-0.15, -0.1) is 0 Å². The molecule has 0 aromatic heterocycles. The van der Waals surface area contributed by atoms with Gasteiger partial charge in [-0.1, -0.05) is 29.8 Å². The van der Waals surface area contributed by atoms with Crippen LogP contribution in [-0.4, -0.2) is 36.0 Å². The minimum absolute atomic E-state index is 0.159. The summed E-state index contributed by atoms with van der Waals surface area (Å²) < 4.78 is 5.41. The summed E-state index contributed by atoms with van der Waals surface area (Å²) in [6, 6.07) is 8.03. The largest absolute Gasteiger partial charge is 0.444 e. The van der Waals surface area contributed by atoms with Gasteiger partial charge in [0, 0.05) is 19.0 Å². The Kier molecular flexibility index (Phi) is 4.89. The first kappa shape index (κ1) is 16.5. The van der Waals surface area contributed by atoms with E-state index in [0.717, 1.165) is 23.8 Å². The fourth-order valence-electron chi connectivity index (χ4n) is 2.91. The summed E-state index contributed by atoms with van der Waals surface area (Å²) >= 11 is 0. The summed E-state index contributed by atoms with van der Waals surface area (Å²) in [5.74, 6) is -0.000782. The van der Waals surface area contributed by atoms with Crippen LogP contribution in [0.25, 0.3) is 0 Å². The van der Waals surface area contributed by atoms with Crippen LogP contribution in [-0.2, 0) is 9.53 Å². The normalized spacial score (nSPS) is 19.8. The van der Waals surface area contributed by atoms with Crippen LogP contribution in [0.2, 0.25) is 0 Å². The number of aryl methyl sites for hydroxylation is 1. The van der Waals surface area contributed by atoms with E-state index in [1.165, 1.54) is 0 Å². The van der Waals surface area contributed by atoms with Crippen molar-refractivity contribution in [2.45, 2.75) is 45.6 Å². The zero-order valence-electron chi connectivity index (χ0n) is 13.8. The van der Waals surface area contributed by atoms with Crippen molar-refractivity contribution < 1.29 is 14.3 Å². The highest BCUT2D eigenvalue weighted by atomic mass is 16.6. The summed E-state index contributed by atoms with van der Waals surface area (Å²) in [6.07, 6.45) is 1.55. The molecule has 0 spiro atoms. The van der Waals surface area contributed by atoms with Crippen molar-refractivity contribution in [1.29, 1.82) is 0 Å². The van der Waals surface area contributed by atoms with E-state index in [-0.39, 0.29) is 17.9 Å². The van der Waals surface area contributed by atoms with E-state index in [0.29, 0.717) is 13.1 Å². The molecule has 120 valence electrons. The zero-order chi connectivity index (χ0) is 16.3. The quantitative estimate of drug-likeness (QED) is 0.802. The molecule has 2 rings (SSSR count). The van der Waals surface area contributed by atoms with Crippen LogP contribution < -0.4 is 0 Å². The average Bonchev–Trinajstić information content (AvgIpc) is 2.87. The third kappa shape index (κ3) is 4.09. The number of carbonyl (C=O) groups is 2.